The number of benzene rings is 2. The largest absolute Gasteiger partial charge is 0.466 e. The van der Waals surface area contributed by atoms with Gasteiger partial charge < -0.3 is 25.0 Å². The molecule has 2 N–H and O–H groups in total. The van der Waals surface area contributed by atoms with E-state index in [1.165, 1.54) is 37.7 Å². The Balaban J connectivity index is 1.10. The van der Waals surface area contributed by atoms with E-state index in [0.717, 1.165) is 39.8 Å². The zero-order valence-electron chi connectivity index (χ0n) is 24.5. The summed E-state index contributed by atoms with van der Waals surface area (Å²) in [5, 5.41) is 7.66. The molecular weight excluding hydrogens is 538 g/mol. The van der Waals surface area contributed by atoms with E-state index in [0.29, 0.717) is 18.6 Å². The van der Waals surface area contributed by atoms with Gasteiger partial charge in [0.2, 0.25) is 0 Å². The van der Waals surface area contributed by atoms with Gasteiger partial charge in [0.15, 0.2) is 0 Å². The third kappa shape index (κ3) is 5.75. The quantitative estimate of drug-likeness (QED) is 0.333. The normalized spacial score (nSPS) is 30.0. The van der Waals surface area contributed by atoms with Crippen LogP contribution in [-0.4, -0.2) is 48.3 Å². The molecule has 220 valence electrons. The van der Waals surface area contributed by atoms with Crippen LogP contribution in [0.2, 0.25) is 5.02 Å². The Morgan fingerprint density at radius 2 is 1.68 bits per heavy atom. The Labute approximate surface area is 248 Å². The van der Waals surface area contributed by atoms with Crippen molar-refractivity contribution in [3.05, 3.63) is 53.1 Å². The first-order valence-corrected chi connectivity index (χ1v) is 15.5. The highest BCUT2D eigenvalue weighted by atomic mass is 35.5. The third-order valence-corrected chi connectivity index (χ3v) is 9.90. The summed E-state index contributed by atoms with van der Waals surface area (Å²) < 4.78 is 10.8. The molecule has 4 saturated carbocycles. The smallest absolute Gasteiger partial charge is 0.410 e. The van der Waals surface area contributed by atoms with Crippen molar-refractivity contribution in [1.29, 1.82) is 0 Å². The molecule has 0 spiro atoms. The van der Waals surface area contributed by atoms with Crippen LogP contribution in [0.3, 0.4) is 0 Å². The second-order valence-corrected chi connectivity index (χ2v) is 14.0. The molecule has 4 unspecified atom stereocenters. The van der Waals surface area contributed by atoms with Crippen molar-refractivity contribution >= 4 is 40.7 Å². The second-order valence-electron chi connectivity index (χ2n) is 13.6. The lowest BCUT2D eigenvalue weighted by atomic mass is 9.66. The van der Waals surface area contributed by atoms with Gasteiger partial charge in [-0.25, -0.2) is 4.79 Å². The number of anilines is 3. The van der Waals surface area contributed by atoms with Gasteiger partial charge in [0.05, 0.1) is 29.3 Å². The molecule has 4 atom stereocenters. The second kappa shape index (κ2) is 10.7. The Bertz CT molecular complexity index is 1290. The number of halogens is 1. The number of hydrogen-bond acceptors (Lipinski definition) is 6. The molecule has 5 fully saturated rings. The summed E-state index contributed by atoms with van der Waals surface area (Å²) in [5.74, 6) is 1.96. The van der Waals surface area contributed by atoms with Gasteiger partial charge in [-0.3, -0.25) is 4.79 Å². The maximum absolute atomic E-state index is 12.7. The number of nitrogens with one attached hydrogen (secondary N) is 2. The SMILES string of the molecule is CCOC(=O)C1CN(C(=O)OC(C)(C)C)CC1Nc1ccc(Nc2ccc(C34CC5CC(C3)C(C5)C4)cc2Cl)cc1. The summed E-state index contributed by atoms with van der Waals surface area (Å²) >= 11 is 6.81. The minimum atomic E-state index is -0.608. The van der Waals surface area contributed by atoms with Crippen LogP contribution in [0.25, 0.3) is 0 Å². The minimum absolute atomic E-state index is 0.253. The van der Waals surface area contributed by atoms with Gasteiger partial charge in [0.25, 0.3) is 0 Å². The van der Waals surface area contributed by atoms with E-state index in [9.17, 15) is 9.59 Å². The minimum Gasteiger partial charge on any atom is -0.466 e. The molecule has 4 aliphatic carbocycles. The molecule has 2 aromatic rings. The molecule has 41 heavy (non-hydrogen) atoms. The standard InChI is InChI=1S/C33H42ClN3O4/c1-5-40-30(38)26-18-37(31(39)41-32(2,3)4)19-29(26)36-25-9-7-24(8-10-25)35-28-11-6-23(14-27(28)34)33-15-20-12-21(16-33)22(13-20)17-33/h6-11,14,20-22,26,29,35-36H,5,12-13,15-19H2,1-4H3. The van der Waals surface area contributed by atoms with Crippen molar-refractivity contribution in [2.45, 2.75) is 76.9 Å². The Morgan fingerprint density at radius 1 is 1.00 bits per heavy atom. The van der Waals surface area contributed by atoms with Crippen LogP contribution in [-0.2, 0) is 19.7 Å². The zero-order chi connectivity index (χ0) is 28.9. The summed E-state index contributed by atoms with van der Waals surface area (Å²) in [7, 11) is 0. The lowest BCUT2D eigenvalue weighted by Gasteiger charge is -2.39. The average molecular weight is 580 g/mol. The van der Waals surface area contributed by atoms with Gasteiger partial charge >= 0.3 is 12.1 Å². The number of ether oxygens (including phenoxy) is 2. The molecule has 0 aromatic heterocycles. The molecule has 1 amide bonds. The fourth-order valence-electron chi connectivity index (χ4n) is 8.04. The third-order valence-electron chi connectivity index (χ3n) is 9.58. The number of amides is 1. The van der Waals surface area contributed by atoms with E-state index in [1.54, 1.807) is 11.8 Å². The Morgan fingerprint density at radius 3 is 2.29 bits per heavy atom. The summed E-state index contributed by atoms with van der Waals surface area (Å²) in [6.45, 7) is 8.18. The highest BCUT2D eigenvalue weighted by Crippen LogP contribution is 2.65. The van der Waals surface area contributed by atoms with Crippen molar-refractivity contribution in [2.24, 2.45) is 23.7 Å². The molecule has 5 aliphatic rings. The topological polar surface area (TPSA) is 79.9 Å². The lowest BCUT2D eigenvalue weighted by Crippen LogP contribution is -2.36. The monoisotopic (exact) mass is 579 g/mol. The predicted octanol–water partition coefficient (Wildman–Crippen LogP) is 7.37. The molecular formula is C33H42ClN3O4. The van der Waals surface area contributed by atoms with Crippen molar-refractivity contribution in [2.75, 3.05) is 30.3 Å². The fourth-order valence-corrected chi connectivity index (χ4v) is 8.27. The molecule has 1 aliphatic heterocycles. The van der Waals surface area contributed by atoms with Gasteiger partial charge in [-0.05, 0) is 125 Å². The van der Waals surface area contributed by atoms with Crippen LogP contribution >= 0.6 is 11.6 Å². The first-order valence-electron chi connectivity index (χ1n) is 15.1. The number of nitrogens with zero attached hydrogens (tertiary/aromatic N) is 1. The lowest BCUT2D eigenvalue weighted by molar-refractivity contribution is -0.147. The highest BCUT2D eigenvalue weighted by molar-refractivity contribution is 6.33. The number of carbonyl (C=O) groups excluding carboxylic acids is 2. The molecule has 8 heteroatoms. The number of rotatable bonds is 7. The molecule has 1 heterocycles. The van der Waals surface area contributed by atoms with Gasteiger partial charge in [0, 0.05) is 24.5 Å². The van der Waals surface area contributed by atoms with E-state index in [-0.39, 0.29) is 18.6 Å². The van der Waals surface area contributed by atoms with Gasteiger partial charge in [0.1, 0.15) is 5.60 Å². The van der Waals surface area contributed by atoms with E-state index < -0.39 is 17.6 Å². The van der Waals surface area contributed by atoms with Crippen molar-refractivity contribution in [3.8, 4) is 0 Å². The van der Waals surface area contributed by atoms with Crippen molar-refractivity contribution in [3.63, 3.8) is 0 Å². The Hall–Kier alpha value is -2.93. The molecule has 7 nitrogen and oxygen atoms in total. The maximum Gasteiger partial charge on any atom is 0.410 e. The zero-order valence-corrected chi connectivity index (χ0v) is 25.3. The molecule has 2 aromatic carbocycles. The number of hydrogen-bond donors (Lipinski definition) is 2. The number of esters is 1. The summed E-state index contributed by atoms with van der Waals surface area (Å²) in [6.07, 6.45) is 6.45. The summed E-state index contributed by atoms with van der Waals surface area (Å²) in [4.78, 5) is 27.0. The van der Waals surface area contributed by atoms with Gasteiger partial charge in [-0.15, -0.1) is 0 Å². The van der Waals surface area contributed by atoms with Crippen LogP contribution in [0.1, 0.15) is 65.4 Å². The predicted molar refractivity (Wildman–Crippen MR) is 162 cm³/mol. The van der Waals surface area contributed by atoms with Crippen molar-refractivity contribution < 1.29 is 19.1 Å². The number of carbonyl (C=O) groups is 2. The van der Waals surface area contributed by atoms with Crippen LogP contribution in [0.4, 0.5) is 21.9 Å². The van der Waals surface area contributed by atoms with Gasteiger partial charge in [-0.2, -0.15) is 0 Å². The molecule has 0 radical (unpaired) electrons. The van der Waals surface area contributed by atoms with E-state index in [1.807, 2.05) is 45.0 Å². The summed E-state index contributed by atoms with van der Waals surface area (Å²) in [6, 6.07) is 14.2. The van der Waals surface area contributed by atoms with Crippen molar-refractivity contribution in [1.82, 2.24) is 4.90 Å². The van der Waals surface area contributed by atoms with E-state index >= 15 is 0 Å². The number of likely N-dealkylation sites (tertiary alicyclic amines) is 1. The maximum atomic E-state index is 12.7. The van der Waals surface area contributed by atoms with Crippen LogP contribution < -0.4 is 10.6 Å². The summed E-state index contributed by atoms with van der Waals surface area (Å²) in [5.41, 5.74) is 3.82. The first kappa shape index (κ1) is 28.2. The first-order chi connectivity index (χ1) is 19.5. The van der Waals surface area contributed by atoms with Crippen LogP contribution in [0, 0.1) is 23.7 Å². The molecule has 7 rings (SSSR count). The highest BCUT2D eigenvalue weighted by Gasteiger charge is 2.56. The molecule has 4 bridgehead atoms. The average Bonchev–Trinajstić information content (AvgIpc) is 3.53. The fraction of sp³-hybridized carbons (Fsp3) is 0.576. The van der Waals surface area contributed by atoms with Gasteiger partial charge in [-0.1, -0.05) is 17.7 Å². The van der Waals surface area contributed by atoms with Crippen LogP contribution in [0.15, 0.2) is 42.5 Å². The molecule has 1 saturated heterocycles. The Kier molecular flexibility index (Phi) is 7.37. The van der Waals surface area contributed by atoms with Crippen LogP contribution in [0.5, 0.6) is 0 Å². The van der Waals surface area contributed by atoms with E-state index in [2.05, 4.69) is 28.8 Å². The van der Waals surface area contributed by atoms with E-state index in [4.69, 9.17) is 21.1 Å².